The molecule has 0 aliphatic carbocycles. The molecule has 0 unspecified atom stereocenters. The first-order valence-electron chi connectivity index (χ1n) is 11.2. The summed E-state index contributed by atoms with van der Waals surface area (Å²) in [5, 5.41) is 2.61. The van der Waals surface area contributed by atoms with Crippen molar-refractivity contribution < 1.29 is 31.8 Å². The number of fused-ring (bicyclic) bond motifs is 1. The van der Waals surface area contributed by atoms with Crippen LogP contribution in [0.4, 0.5) is 23.2 Å². The molecule has 0 fully saturated rings. The van der Waals surface area contributed by atoms with E-state index in [2.05, 4.69) is 19.9 Å². The van der Waals surface area contributed by atoms with Crippen LogP contribution in [0.25, 0.3) is 0 Å². The number of rotatable bonds is 7. The van der Waals surface area contributed by atoms with E-state index in [9.17, 15) is 22.4 Å². The highest BCUT2D eigenvalue weighted by Crippen LogP contribution is 2.40. The fourth-order valence-electron chi connectivity index (χ4n) is 3.82. The Morgan fingerprint density at radius 3 is 2.46 bits per heavy atom. The van der Waals surface area contributed by atoms with Gasteiger partial charge in [-0.3, -0.25) is 4.79 Å². The van der Waals surface area contributed by atoms with Gasteiger partial charge in [0.15, 0.2) is 11.6 Å². The van der Waals surface area contributed by atoms with Gasteiger partial charge in [0.05, 0.1) is 11.4 Å². The molecule has 0 radical (unpaired) electrons. The predicted octanol–water partition coefficient (Wildman–Crippen LogP) is 6.29. The topological polar surface area (TPSA) is 63.7 Å². The molecule has 0 saturated carbocycles. The average molecular weight is 538 g/mol. The molecule has 1 amide bonds. The zero-order valence-corrected chi connectivity index (χ0v) is 21.5. The number of carbonyl (C=O) groups excluding carboxylic acids is 1. The summed E-state index contributed by atoms with van der Waals surface area (Å²) in [5.74, 6) is -1.87. The van der Waals surface area contributed by atoms with Crippen LogP contribution in [0.2, 0.25) is 0 Å². The van der Waals surface area contributed by atoms with E-state index in [0.717, 1.165) is 35.6 Å². The zero-order valence-electron chi connectivity index (χ0n) is 20.7. The molecule has 2 heterocycles. The first-order valence-corrected chi connectivity index (χ1v) is 12.4. The second-order valence-electron chi connectivity index (χ2n) is 8.85. The smallest absolute Gasteiger partial charge is 0.439 e. The maximum absolute atomic E-state index is 13.5. The van der Waals surface area contributed by atoms with Crippen molar-refractivity contribution in [3.63, 3.8) is 0 Å². The molecule has 0 bridgehead atoms. The summed E-state index contributed by atoms with van der Waals surface area (Å²) in [6, 6.07) is 14.5. The fraction of sp³-hybridized carbons (Fsp3) is 0.308. The first-order chi connectivity index (χ1) is 17.4. The van der Waals surface area contributed by atoms with Crippen LogP contribution in [0, 0.1) is 5.82 Å². The average Bonchev–Trinajstić information content (AvgIpc) is 3.07. The molecule has 0 saturated heterocycles. The van der Waals surface area contributed by atoms with Crippen molar-refractivity contribution in [2.75, 3.05) is 24.7 Å². The highest BCUT2D eigenvalue weighted by Gasteiger charge is 2.35. The maximum atomic E-state index is 13.5. The normalized spacial score (nSPS) is 13.8. The van der Waals surface area contributed by atoms with Gasteiger partial charge in [0.25, 0.3) is 0 Å². The molecule has 3 aromatic rings. The molecule has 2 aromatic carbocycles. The van der Waals surface area contributed by atoms with Crippen molar-refractivity contribution in [3.8, 4) is 17.4 Å². The second kappa shape index (κ2) is 11.7. The summed E-state index contributed by atoms with van der Waals surface area (Å²) in [7, 11) is 1.95. The van der Waals surface area contributed by atoms with Crippen molar-refractivity contribution in [3.05, 3.63) is 71.7 Å². The zero-order chi connectivity index (χ0) is 27.2. The van der Waals surface area contributed by atoms with Gasteiger partial charge < -0.3 is 19.7 Å². The number of likely N-dealkylation sites (N-methyl/N-ethyl adjacent to an activating group) is 1. The molecule has 1 aliphatic rings. The molecule has 0 spiro atoms. The van der Waals surface area contributed by atoms with Gasteiger partial charge in [-0.2, -0.15) is 0 Å². The number of nitrogens with one attached hydrogen (secondary N) is 1. The Kier molecular flexibility index (Phi) is 8.90. The van der Waals surface area contributed by atoms with E-state index >= 15 is 0 Å². The molecule has 1 aliphatic heterocycles. The lowest BCUT2D eigenvalue weighted by Crippen LogP contribution is -2.25. The van der Waals surface area contributed by atoms with Crippen LogP contribution in [0.1, 0.15) is 25.1 Å². The van der Waals surface area contributed by atoms with Crippen molar-refractivity contribution in [2.24, 2.45) is 0 Å². The van der Waals surface area contributed by atoms with Crippen LogP contribution in [-0.4, -0.2) is 37.6 Å². The lowest BCUT2D eigenvalue weighted by molar-refractivity contribution is -0.275. The Bertz CT molecular complexity index is 1220. The minimum Gasteiger partial charge on any atom is -0.439 e. The van der Waals surface area contributed by atoms with Gasteiger partial charge in [-0.15, -0.1) is 24.9 Å². The highest BCUT2D eigenvalue weighted by atomic mass is 32.2. The largest absolute Gasteiger partial charge is 0.573 e. The van der Waals surface area contributed by atoms with Gasteiger partial charge in [-0.1, -0.05) is 26.0 Å². The third kappa shape index (κ3) is 7.75. The number of hydrogen-bond donors (Lipinski definition) is 1. The minimum atomic E-state index is -4.99. The van der Waals surface area contributed by atoms with E-state index in [-0.39, 0.29) is 17.0 Å². The van der Waals surface area contributed by atoms with Crippen LogP contribution >= 0.6 is 11.8 Å². The third-order valence-corrected chi connectivity index (χ3v) is 6.18. The lowest BCUT2D eigenvalue weighted by atomic mass is 9.91. The fourth-order valence-corrected chi connectivity index (χ4v) is 4.23. The molecule has 198 valence electrons. The number of pyridine rings is 1. The lowest BCUT2D eigenvalue weighted by Gasteiger charge is -2.17. The van der Waals surface area contributed by atoms with Gasteiger partial charge in [0, 0.05) is 42.6 Å². The molecular formula is C26H27F4N3O3S. The summed E-state index contributed by atoms with van der Waals surface area (Å²) >= 11 is 1.71. The summed E-state index contributed by atoms with van der Waals surface area (Å²) in [4.78, 5) is 17.8. The number of carbonyl (C=O) groups is 1. The Morgan fingerprint density at radius 2 is 1.84 bits per heavy atom. The van der Waals surface area contributed by atoms with Gasteiger partial charge in [0.1, 0.15) is 5.75 Å². The Hall–Kier alpha value is -3.47. The van der Waals surface area contributed by atoms with E-state index in [4.69, 9.17) is 4.74 Å². The van der Waals surface area contributed by atoms with Crippen molar-refractivity contribution in [1.82, 2.24) is 10.3 Å². The molecule has 1 N–H and O–H groups in total. The Morgan fingerprint density at radius 1 is 1.14 bits per heavy atom. The molecule has 0 atom stereocenters. The van der Waals surface area contributed by atoms with E-state index in [1.165, 1.54) is 11.0 Å². The Labute approximate surface area is 217 Å². The minimum absolute atomic E-state index is 0.00254. The van der Waals surface area contributed by atoms with Crippen LogP contribution in [-0.2, 0) is 16.8 Å². The second-order valence-corrected chi connectivity index (χ2v) is 9.73. The van der Waals surface area contributed by atoms with Crippen molar-refractivity contribution in [1.29, 1.82) is 0 Å². The number of nitrogens with zero attached hydrogens (tertiary/aromatic N) is 2. The van der Waals surface area contributed by atoms with Crippen molar-refractivity contribution >= 4 is 23.9 Å². The molecule has 11 heteroatoms. The predicted molar refractivity (Wildman–Crippen MR) is 135 cm³/mol. The van der Waals surface area contributed by atoms with Crippen LogP contribution in [0.15, 0.2) is 59.5 Å². The maximum Gasteiger partial charge on any atom is 0.573 e. The van der Waals surface area contributed by atoms with E-state index in [1.54, 1.807) is 17.8 Å². The number of alkyl halides is 3. The summed E-state index contributed by atoms with van der Waals surface area (Å²) in [6.07, 6.45) is -2.24. The van der Waals surface area contributed by atoms with E-state index in [0.29, 0.717) is 13.0 Å². The number of thioether (sulfide) groups is 1. The number of aromatic nitrogens is 1. The molecule has 1 aromatic heterocycles. The summed E-state index contributed by atoms with van der Waals surface area (Å²) in [5.41, 5.74) is 2.75. The quantitative estimate of drug-likeness (QED) is 0.217. The third-order valence-electron chi connectivity index (χ3n) is 5.43. The number of amides is 1. The van der Waals surface area contributed by atoms with Gasteiger partial charge in [-0.25, -0.2) is 9.37 Å². The van der Waals surface area contributed by atoms with Crippen LogP contribution < -0.4 is 19.7 Å². The first kappa shape index (κ1) is 28.1. The van der Waals surface area contributed by atoms with Gasteiger partial charge >= 0.3 is 6.36 Å². The summed E-state index contributed by atoms with van der Waals surface area (Å²) in [6.45, 7) is 5.48. The standard InChI is InChI=1S/C17H16F4N2O2.C9H11NOS/c1-16(2)9-23(3)12-6-7-14(22-15(12)16)24-10-4-5-11(18)13(8-10)25-17(19,20)21;1-12-9-4-2-8(3-5-9)6-10-7-11/h4-8H,9H2,1-3H3;2-5,7H,6H2,1H3,(H,10,11). The molecule has 4 rings (SSSR count). The van der Waals surface area contributed by atoms with E-state index in [1.807, 2.05) is 57.5 Å². The van der Waals surface area contributed by atoms with Crippen LogP contribution in [0.5, 0.6) is 17.4 Å². The van der Waals surface area contributed by atoms with Gasteiger partial charge in [-0.05, 0) is 42.2 Å². The molecule has 37 heavy (non-hydrogen) atoms. The van der Waals surface area contributed by atoms with Crippen molar-refractivity contribution in [2.45, 2.75) is 37.1 Å². The summed E-state index contributed by atoms with van der Waals surface area (Å²) < 4.78 is 59.5. The number of ether oxygens (including phenoxy) is 2. The number of halogens is 4. The number of anilines is 1. The number of benzene rings is 2. The van der Waals surface area contributed by atoms with Gasteiger partial charge in [0.2, 0.25) is 12.3 Å². The Balaban J connectivity index is 0.000000266. The number of hydrogen-bond acceptors (Lipinski definition) is 6. The monoisotopic (exact) mass is 537 g/mol. The van der Waals surface area contributed by atoms with E-state index < -0.39 is 17.9 Å². The molecule has 6 nitrogen and oxygen atoms in total. The molecular weight excluding hydrogens is 510 g/mol. The van der Waals surface area contributed by atoms with Crippen LogP contribution in [0.3, 0.4) is 0 Å². The SMILES string of the molecule is CN1CC(C)(C)c2nc(Oc3ccc(F)c(OC(F)(F)F)c3)ccc21.CSc1ccc(CNC=O)cc1. The highest BCUT2D eigenvalue weighted by molar-refractivity contribution is 7.98.